The fourth-order valence-corrected chi connectivity index (χ4v) is 3.45. The van der Waals surface area contributed by atoms with E-state index in [-0.39, 0.29) is 23.6 Å². The van der Waals surface area contributed by atoms with Gasteiger partial charge in [0.2, 0.25) is 5.91 Å². The monoisotopic (exact) mass is 268 g/mol. The Kier molecular flexibility index (Phi) is 5.22. The Morgan fingerprint density at radius 3 is 2.63 bits per heavy atom. The predicted octanol–water partition coefficient (Wildman–Crippen LogP) is 1.98. The second kappa shape index (κ2) is 6.71. The number of carbonyl (C=O) groups is 1. The second-order valence-corrected chi connectivity index (χ2v) is 6.18. The van der Waals surface area contributed by atoms with Crippen molar-refractivity contribution < 1.29 is 9.53 Å². The van der Waals surface area contributed by atoms with Gasteiger partial charge in [0, 0.05) is 18.6 Å². The molecule has 2 unspecified atom stereocenters. The largest absolute Gasteiger partial charge is 0.376 e. The van der Waals surface area contributed by atoms with Crippen molar-refractivity contribution in [1.82, 2.24) is 10.6 Å². The molecule has 2 atom stereocenters. The van der Waals surface area contributed by atoms with Gasteiger partial charge in [0.1, 0.15) is 0 Å². The van der Waals surface area contributed by atoms with E-state index in [2.05, 4.69) is 17.6 Å². The molecule has 1 heterocycles. The molecule has 2 N–H and O–H groups in total. The van der Waals surface area contributed by atoms with Gasteiger partial charge in [-0.1, -0.05) is 19.3 Å². The van der Waals surface area contributed by atoms with E-state index in [0.29, 0.717) is 6.42 Å². The van der Waals surface area contributed by atoms with Crippen LogP contribution in [0.2, 0.25) is 0 Å². The van der Waals surface area contributed by atoms with Crippen molar-refractivity contribution in [2.75, 3.05) is 13.7 Å². The van der Waals surface area contributed by atoms with Crippen LogP contribution in [0, 0.1) is 0 Å². The second-order valence-electron chi connectivity index (χ2n) is 6.18. The Bertz CT molecular complexity index is 295. The Morgan fingerprint density at radius 1 is 1.32 bits per heavy atom. The summed E-state index contributed by atoms with van der Waals surface area (Å²) in [7, 11) is 1.99. The first-order valence-corrected chi connectivity index (χ1v) is 7.75. The Balaban J connectivity index is 1.81. The first kappa shape index (κ1) is 14.8. The summed E-state index contributed by atoms with van der Waals surface area (Å²) in [5.41, 5.74) is 0.0264. The molecule has 4 heteroatoms. The summed E-state index contributed by atoms with van der Waals surface area (Å²) in [5.74, 6) is 0.166. The van der Waals surface area contributed by atoms with Gasteiger partial charge in [0.15, 0.2) is 0 Å². The highest BCUT2D eigenvalue weighted by Crippen LogP contribution is 2.30. The van der Waals surface area contributed by atoms with Gasteiger partial charge in [-0.25, -0.2) is 0 Å². The first-order chi connectivity index (χ1) is 9.15. The van der Waals surface area contributed by atoms with Crippen LogP contribution in [0.4, 0.5) is 0 Å². The lowest BCUT2D eigenvalue weighted by Gasteiger charge is -2.37. The van der Waals surface area contributed by atoms with Crippen LogP contribution in [0.1, 0.15) is 58.3 Å². The van der Waals surface area contributed by atoms with E-state index in [9.17, 15) is 4.79 Å². The van der Waals surface area contributed by atoms with Gasteiger partial charge >= 0.3 is 0 Å². The Hall–Kier alpha value is -0.610. The fourth-order valence-electron chi connectivity index (χ4n) is 3.45. The molecule has 0 radical (unpaired) electrons. The zero-order valence-corrected chi connectivity index (χ0v) is 12.3. The van der Waals surface area contributed by atoms with Crippen molar-refractivity contribution >= 4 is 5.91 Å². The number of rotatable bonds is 5. The van der Waals surface area contributed by atoms with Crippen molar-refractivity contribution in [3.8, 4) is 0 Å². The molecular formula is C15H28N2O2. The van der Waals surface area contributed by atoms with Crippen molar-refractivity contribution in [2.24, 2.45) is 0 Å². The normalized spacial score (nSPS) is 28.0. The van der Waals surface area contributed by atoms with Crippen LogP contribution >= 0.6 is 0 Å². The van der Waals surface area contributed by atoms with Crippen LogP contribution in [0.15, 0.2) is 0 Å². The summed E-state index contributed by atoms with van der Waals surface area (Å²) in [6, 6.07) is 0.132. The van der Waals surface area contributed by atoms with E-state index in [1.54, 1.807) is 0 Å². The summed E-state index contributed by atoms with van der Waals surface area (Å²) >= 11 is 0. The van der Waals surface area contributed by atoms with Gasteiger partial charge in [0.25, 0.3) is 0 Å². The third-order valence-electron chi connectivity index (χ3n) is 4.75. The minimum atomic E-state index is 0.0264. The van der Waals surface area contributed by atoms with Crippen LogP contribution in [0.5, 0.6) is 0 Å². The van der Waals surface area contributed by atoms with E-state index in [1.165, 1.54) is 19.3 Å². The molecule has 1 amide bonds. The van der Waals surface area contributed by atoms with Crippen LogP contribution in [-0.4, -0.2) is 37.2 Å². The molecule has 0 bridgehead atoms. The maximum Gasteiger partial charge on any atom is 0.222 e. The SMILES string of the molecule is CNC1(CC(=O)NC(C)C2CCCO2)CCCCC1. The third-order valence-corrected chi connectivity index (χ3v) is 4.75. The van der Waals surface area contributed by atoms with E-state index in [4.69, 9.17) is 4.74 Å². The molecule has 2 fully saturated rings. The molecule has 1 aliphatic carbocycles. The molecule has 0 spiro atoms. The van der Waals surface area contributed by atoms with Crippen molar-refractivity contribution in [3.05, 3.63) is 0 Å². The Morgan fingerprint density at radius 2 is 2.05 bits per heavy atom. The third kappa shape index (κ3) is 3.93. The van der Waals surface area contributed by atoms with E-state index >= 15 is 0 Å². The van der Waals surface area contributed by atoms with Crippen LogP contribution in [0.25, 0.3) is 0 Å². The summed E-state index contributed by atoms with van der Waals surface area (Å²) in [6.07, 6.45) is 8.99. The lowest BCUT2D eigenvalue weighted by Crippen LogP contribution is -2.50. The molecule has 0 aromatic carbocycles. The first-order valence-electron chi connectivity index (χ1n) is 7.75. The number of hydrogen-bond donors (Lipinski definition) is 2. The molecule has 4 nitrogen and oxygen atoms in total. The molecule has 0 aromatic rings. The average Bonchev–Trinajstić information content (AvgIpc) is 2.93. The zero-order valence-electron chi connectivity index (χ0n) is 12.3. The quantitative estimate of drug-likeness (QED) is 0.801. The standard InChI is InChI=1S/C15H28N2O2/c1-12(13-7-6-10-19-13)17-14(18)11-15(16-2)8-4-3-5-9-15/h12-13,16H,3-11H2,1-2H3,(H,17,18). The van der Waals surface area contributed by atoms with Gasteiger partial charge in [-0.05, 0) is 39.7 Å². The van der Waals surface area contributed by atoms with Gasteiger partial charge < -0.3 is 15.4 Å². The van der Waals surface area contributed by atoms with E-state index in [1.807, 2.05) is 7.05 Å². The fraction of sp³-hybridized carbons (Fsp3) is 0.933. The molecule has 1 saturated carbocycles. The summed E-state index contributed by atoms with van der Waals surface area (Å²) in [6.45, 7) is 2.89. The average molecular weight is 268 g/mol. The summed E-state index contributed by atoms with van der Waals surface area (Å²) < 4.78 is 5.63. The number of carbonyl (C=O) groups excluding carboxylic acids is 1. The number of amides is 1. The summed E-state index contributed by atoms with van der Waals surface area (Å²) in [4.78, 5) is 12.2. The molecule has 0 aromatic heterocycles. The van der Waals surface area contributed by atoms with Gasteiger partial charge in [-0.2, -0.15) is 0 Å². The Labute approximate surface area is 116 Å². The van der Waals surface area contributed by atoms with Crippen LogP contribution in [0.3, 0.4) is 0 Å². The molecule has 19 heavy (non-hydrogen) atoms. The van der Waals surface area contributed by atoms with Crippen molar-refractivity contribution in [1.29, 1.82) is 0 Å². The summed E-state index contributed by atoms with van der Waals surface area (Å²) in [5, 5.41) is 6.52. The smallest absolute Gasteiger partial charge is 0.222 e. The zero-order chi connectivity index (χ0) is 13.7. The number of nitrogens with one attached hydrogen (secondary N) is 2. The van der Waals surface area contributed by atoms with Gasteiger partial charge in [0.05, 0.1) is 12.1 Å². The van der Waals surface area contributed by atoms with Crippen molar-refractivity contribution in [3.63, 3.8) is 0 Å². The predicted molar refractivity (Wildman–Crippen MR) is 76.1 cm³/mol. The topological polar surface area (TPSA) is 50.4 Å². The van der Waals surface area contributed by atoms with E-state index < -0.39 is 0 Å². The lowest BCUT2D eigenvalue weighted by atomic mass is 9.79. The highest BCUT2D eigenvalue weighted by molar-refractivity contribution is 5.77. The van der Waals surface area contributed by atoms with E-state index in [0.717, 1.165) is 32.3 Å². The number of ether oxygens (including phenoxy) is 1. The van der Waals surface area contributed by atoms with Crippen molar-refractivity contribution in [2.45, 2.75) is 76.0 Å². The highest BCUT2D eigenvalue weighted by Gasteiger charge is 2.33. The van der Waals surface area contributed by atoms with Gasteiger partial charge in [-0.15, -0.1) is 0 Å². The maximum absolute atomic E-state index is 12.2. The molecule has 2 aliphatic rings. The maximum atomic E-state index is 12.2. The molecular weight excluding hydrogens is 240 g/mol. The minimum Gasteiger partial charge on any atom is -0.376 e. The molecule has 1 aliphatic heterocycles. The molecule has 110 valence electrons. The molecule has 1 saturated heterocycles. The van der Waals surface area contributed by atoms with Gasteiger partial charge in [-0.3, -0.25) is 4.79 Å². The van der Waals surface area contributed by atoms with Crippen LogP contribution in [-0.2, 0) is 9.53 Å². The van der Waals surface area contributed by atoms with Crippen LogP contribution < -0.4 is 10.6 Å². The minimum absolute atomic E-state index is 0.0264. The lowest BCUT2D eigenvalue weighted by molar-refractivity contribution is -0.124. The number of hydrogen-bond acceptors (Lipinski definition) is 3. The highest BCUT2D eigenvalue weighted by atomic mass is 16.5. The molecule has 2 rings (SSSR count).